The number of benzene rings is 2. The Balaban J connectivity index is 1.84. The molecule has 0 saturated carbocycles. The molecule has 140 valence electrons. The number of nitriles is 1. The second-order valence-corrected chi connectivity index (χ2v) is 5.82. The summed E-state index contributed by atoms with van der Waals surface area (Å²) in [7, 11) is 1.58. The van der Waals surface area contributed by atoms with Gasteiger partial charge in [0, 0.05) is 11.4 Å². The molecule has 27 heavy (non-hydrogen) atoms. The number of anilines is 2. The number of amides is 2. The Bertz CT molecular complexity index is 811. The van der Waals surface area contributed by atoms with Gasteiger partial charge in [-0.1, -0.05) is 6.92 Å². The van der Waals surface area contributed by atoms with Crippen LogP contribution in [0.4, 0.5) is 11.4 Å². The number of nitrogens with one attached hydrogen (secondary N) is 2. The fraction of sp³-hybridized carbons (Fsp3) is 0.250. The van der Waals surface area contributed by atoms with E-state index in [1.54, 1.807) is 60.5 Å². The van der Waals surface area contributed by atoms with Crippen LogP contribution in [0.5, 0.6) is 5.75 Å². The lowest BCUT2D eigenvalue weighted by Crippen LogP contribution is -2.38. The Morgan fingerprint density at radius 1 is 0.963 bits per heavy atom. The van der Waals surface area contributed by atoms with E-state index in [1.165, 1.54) is 0 Å². The Labute approximate surface area is 158 Å². The van der Waals surface area contributed by atoms with E-state index in [0.717, 1.165) is 0 Å². The predicted molar refractivity (Wildman–Crippen MR) is 104 cm³/mol. The van der Waals surface area contributed by atoms with Crippen LogP contribution in [0.3, 0.4) is 0 Å². The Kier molecular flexibility index (Phi) is 7.35. The number of nitrogens with zero attached hydrogens (tertiary/aromatic N) is 2. The summed E-state index contributed by atoms with van der Waals surface area (Å²) in [5, 5.41) is 14.3. The van der Waals surface area contributed by atoms with Gasteiger partial charge in [0.25, 0.3) is 0 Å². The summed E-state index contributed by atoms with van der Waals surface area (Å²) >= 11 is 0. The molecule has 0 heterocycles. The van der Waals surface area contributed by atoms with Crippen molar-refractivity contribution in [1.29, 1.82) is 5.26 Å². The van der Waals surface area contributed by atoms with E-state index in [-0.39, 0.29) is 24.9 Å². The predicted octanol–water partition coefficient (Wildman–Crippen LogP) is 2.47. The van der Waals surface area contributed by atoms with E-state index in [9.17, 15) is 9.59 Å². The minimum absolute atomic E-state index is 0.0898. The number of likely N-dealkylation sites (N-methyl/N-ethyl adjacent to an activating group) is 1. The summed E-state index contributed by atoms with van der Waals surface area (Å²) in [5.74, 6) is 0.287. The SMILES string of the molecule is CCN(CC(=O)Nc1ccc(C#N)cc1)CC(=O)Nc1ccc(OC)cc1. The van der Waals surface area contributed by atoms with Gasteiger partial charge in [-0.3, -0.25) is 14.5 Å². The number of carbonyl (C=O) groups is 2. The van der Waals surface area contributed by atoms with Gasteiger partial charge in [0.2, 0.25) is 11.8 Å². The molecule has 0 aromatic heterocycles. The summed E-state index contributed by atoms with van der Waals surface area (Å²) in [4.78, 5) is 26.1. The number of hydrogen-bond acceptors (Lipinski definition) is 5. The molecule has 2 aromatic carbocycles. The first-order valence-corrected chi connectivity index (χ1v) is 8.50. The molecular weight excluding hydrogens is 344 g/mol. The molecule has 0 saturated heterocycles. The highest BCUT2D eigenvalue weighted by Crippen LogP contribution is 2.15. The van der Waals surface area contributed by atoms with Gasteiger partial charge >= 0.3 is 0 Å². The lowest BCUT2D eigenvalue weighted by atomic mass is 10.2. The van der Waals surface area contributed by atoms with E-state index in [0.29, 0.717) is 29.2 Å². The summed E-state index contributed by atoms with van der Waals surface area (Å²) < 4.78 is 5.08. The minimum atomic E-state index is -0.223. The summed E-state index contributed by atoms with van der Waals surface area (Å²) in [6, 6.07) is 15.7. The second-order valence-electron chi connectivity index (χ2n) is 5.82. The van der Waals surface area contributed by atoms with Gasteiger partial charge in [-0.05, 0) is 55.1 Å². The number of ether oxygens (including phenoxy) is 1. The fourth-order valence-corrected chi connectivity index (χ4v) is 2.39. The van der Waals surface area contributed by atoms with E-state index < -0.39 is 0 Å². The first-order chi connectivity index (χ1) is 13.0. The lowest BCUT2D eigenvalue weighted by molar-refractivity contribution is -0.119. The molecule has 7 heteroatoms. The molecule has 0 unspecified atom stereocenters. The van der Waals surface area contributed by atoms with Crippen LogP contribution >= 0.6 is 0 Å². The van der Waals surface area contributed by atoms with E-state index in [4.69, 9.17) is 10.00 Å². The number of methoxy groups -OCH3 is 1. The van der Waals surface area contributed by atoms with Gasteiger partial charge < -0.3 is 15.4 Å². The third-order valence-corrected chi connectivity index (χ3v) is 3.85. The van der Waals surface area contributed by atoms with Crippen molar-refractivity contribution in [3.8, 4) is 11.8 Å². The Morgan fingerprint density at radius 3 is 1.85 bits per heavy atom. The van der Waals surface area contributed by atoms with E-state index >= 15 is 0 Å². The topological polar surface area (TPSA) is 94.5 Å². The third-order valence-electron chi connectivity index (χ3n) is 3.85. The molecule has 0 bridgehead atoms. The van der Waals surface area contributed by atoms with Crippen molar-refractivity contribution in [3.63, 3.8) is 0 Å². The molecule has 2 rings (SSSR count). The summed E-state index contributed by atoms with van der Waals surface area (Å²) in [6.45, 7) is 2.63. The fourth-order valence-electron chi connectivity index (χ4n) is 2.39. The molecular formula is C20H22N4O3. The molecule has 0 spiro atoms. The van der Waals surface area contributed by atoms with E-state index in [2.05, 4.69) is 10.6 Å². The average molecular weight is 366 g/mol. The lowest BCUT2D eigenvalue weighted by Gasteiger charge is -2.19. The molecule has 2 aromatic rings. The van der Waals surface area contributed by atoms with Crippen molar-refractivity contribution in [1.82, 2.24) is 4.90 Å². The molecule has 0 aliphatic rings. The number of hydrogen-bond donors (Lipinski definition) is 2. The van der Waals surface area contributed by atoms with Crippen molar-refractivity contribution < 1.29 is 14.3 Å². The average Bonchev–Trinajstić information content (AvgIpc) is 2.68. The van der Waals surface area contributed by atoms with Crippen LogP contribution in [0.25, 0.3) is 0 Å². The van der Waals surface area contributed by atoms with Crippen molar-refractivity contribution in [3.05, 3.63) is 54.1 Å². The van der Waals surface area contributed by atoms with Gasteiger partial charge in [-0.25, -0.2) is 0 Å². The zero-order valence-corrected chi connectivity index (χ0v) is 15.4. The van der Waals surface area contributed by atoms with Crippen molar-refractivity contribution in [2.24, 2.45) is 0 Å². The maximum atomic E-state index is 12.2. The van der Waals surface area contributed by atoms with Crippen molar-refractivity contribution in [2.75, 3.05) is 37.4 Å². The monoisotopic (exact) mass is 366 g/mol. The van der Waals surface area contributed by atoms with Gasteiger partial charge in [-0.15, -0.1) is 0 Å². The van der Waals surface area contributed by atoms with Crippen LogP contribution < -0.4 is 15.4 Å². The van der Waals surface area contributed by atoms with Gasteiger partial charge in [0.05, 0.1) is 31.8 Å². The largest absolute Gasteiger partial charge is 0.497 e. The molecule has 2 N–H and O–H groups in total. The van der Waals surface area contributed by atoms with Crippen molar-refractivity contribution in [2.45, 2.75) is 6.92 Å². The molecule has 0 radical (unpaired) electrons. The smallest absolute Gasteiger partial charge is 0.238 e. The highest BCUT2D eigenvalue weighted by Gasteiger charge is 2.13. The normalized spacial score (nSPS) is 10.1. The highest BCUT2D eigenvalue weighted by molar-refractivity contribution is 5.94. The van der Waals surface area contributed by atoms with Crippen LogP contribution in [0.15, 0.2) is 48.5 Å². The summed E-state index contributed by atoms with van der Waals surface area (Å²) in [6.07, 6.45) is 0. The number of rotatable bonds is 8. The van der Waals surface area contributed by atoms with Crippen molar-refractivity contribution >= 4 is 23.2 Å². The zero-order chi connectivity index (χ0) is 19.6. The molecule has 0 aliphatic heterocycles. The molecule has 7 nitrogen and oxygen atoms in total. The second kappa shape index (κ2) is 9.94. The molecule has 0 atom stereocenters. The van der Waals surface area contributed by atoms with Crippen LogP contribution in [0, 0.1) is 11.3 Å². The van der Waals surface area contributed by atoms with Crippen LogP contribution in [0.1, 0.15) is 12.5 Å². The molecule has 0 fully saturated rings. The molecule has 2 amide bonds. The quantitative estimate of drug-likeness (QED) is 0.748. The standard InChI is InChI=1S/C20H22N4O3/c1-3-24(13-19(25)22-16-6-4-15(12-21)5-7-16)14-20(26)23-17-8-10-18(27-2)11-9-17/h4-11H,3,13-14H2,1-2H3,(H,22,25)(H,23,26). The number of carbonyl (C=O) groups excluding carboxylic acids is 2. The minimum Gasteiger partial charge on any atom is -0.497 e. The summed E-state index contributed by atoms with van der Waals surface area (Å²) in [5.41, 5.74) is 1.80. The van der Waals surface area contributed by atoms with Gasteiger partial charge in [-0.2, -0.15) is 5.26 Å². The molecule has 0 aliphatic carbocycles. The zero-order valence-electron chi connectivity index (χ0n) is 15.4. The van der Waals surface area contributed by atoms with Crippen LogP contribution in [0.2, 0.25) is 0 Å². The van der Waals surface area contributed by atoms with Gasteiger partial charge in [0.15, 0.2) is 0 Å². The highest BCUT2D eigenvalue weighted by atomic mass is 16.5. The van der Waals surface area contributed by atoms with Crippen LogP contribution in [-0.4, -0.2) is 43.5 Å². The maximum absolute atomic E-state index is 12.2. The maximum Gasteiger partial charge on any atom is 0.238 e. The first kappa shape index (κ1) is 19.9. The third kappa shape index (κ3) is 6.45. The Hall–Kier alpha value is -3.37. The Morgan fingerprint density at radius 2 is 1.44 bits per heavy atom. The van der Waals surface area contributed by atoms with Gasteiger partial charge in [0.1, 0.15) is 5.75 Å². The van der Waals surface area contributed by atoms with E-state index in [1.807, 2.05) is 13.0 Å². The van der Waals surface area contributed by atoms with Crippen LogP contribution in [-0.2, 0) is 9.59 Å². The first-order valence-electron chi connectivity index (χ1n) is 8.50.